The van der Waals surface area contributed by atoms with E-state index in [1.165, 1.54) is 11.1 Å². The quantitative estimate of drug-likeness (QED) is 0.643. The Morgan fingerprint density at radius 2 is 1.57 bits per heavy atom. The minimum absolute atomic E-state index is 0.325. The topological polar surface area (TPSA) is 62.3 Å². The molecule has 8 heteroatoms. The van der Waals surface area contributed by atoms with Crippen molar-refractivity contribution in [2.45, 2.75) is 38.6 Å². The van der Waals surface area contributed by atoms with Crippen LogP contribution in [0.2, 0.25) is 0 Å². The van der Waals surface area contributed by atoms with Gasteiger partial charge in [-0.3, -0.25) is 0 Å². The highest BCUT2D eigenvalue weighted by atomic mass is 32.2. The van der Waals surface area contributed by atoms with Crippen LogP contribution in [-0.4, -0.2) is 81.5 Å². The molecule has 1 unspecified atom stereocenters. The smallest absolute Gasteiger partial charge is 0.282 e. The fraction of sp³-hybridized carbons (Fsp3) is 0.556. The van der Waals surface area contributed by atoms with Crippen LogP contribution in [0.5, 0.6) is 5.75 Å². The molecular formula is C27H39N3O4S. The Bertz CT molecular complexity index is 1040. The molecule has 35 heavy (non-hydrogen) atoms. The van der Waals surface area contributed by atoms with E-state index >= 15 is 0 Å². The molecule has 7 nitrogen and oxygen atoms in total. The largest absolute Gasteiger partial charge is 0.492 e. The fourth-order valence-corrected chi connectivity index (χ4v) is 6.58. The van der Waals surface area contributed by atoms with Gasteiger partial charge in [0.1, 0.15) is 12.4 Å². The second-order valence-electron chi connectivity index (χ2n) is 9.65. The Morgan fingerprint density at radius 1 is 0.857 bits per heavy atom. The van der Waals surface area contributed by atoms with Crippen LogP contribution in [0, 0.1) is 6.92 Å². The first-order valence-corrected chi connectivity index (χ1v) is 14.1. The lowest BCUT2D eigenvalue weighted by molar-refractivity contribution is 0.0697. The van der Waals surface area contributed by atoms with Gasteiger partial charge in [-0.2, -0.15) is 17.0 Å². The van der Waals surface area contributed by atoms with Gasteiger partial charge in [-0.25, -0.2) is 0 Å². The third kappa shape index (κ3) is 7.05. The van der Waals surface area contributed by atoms with Crippen molar-refractivity contribution in [2.24, 2.45) is 0 Å². The van der Waals surface area contributed by atoms with E-state index in [2.05, 4.69) is 61.3 Å². The minimum atomic E-state index is -3.57. The van der Waals surface area contributed by atoms with Gasteiger partial charge in [0.25, 0.3) is 10.2 Å². The van der Waals surface area contributed by atoms with Crippen LogP contribution in [0.15, 0.2) is 48.5 Å². The first-order chi connectivity index (χ1) is 16.9. The standard InChI is InChI=1S/C27H39N3O4S/c1-23-10-11-27-26(21-23)22-28(2)14-12-25(24-7-4-3-5-8-24)9-6-13-29(17-20-34-27)35(31,32)30-15-18-33-19-16-30/h3-5,7-8,10-11,21,25H,6,9,12-20,22H2,1-2H3. The van der Waals surface area contributed by atoms with Gasteiger partial charge in [-0.1, -0.05) is 48.0 Å². The molecule has 1 saturated heterocycles. The molecule has 0 spiro atoms. The number of rotatable bonds is 3. The molecule has 2 aromatic rings. The van der Waals surface area contributed by atoms with Crippen LogP contribution >= 0.6 is 0 Å². The monoisotopic (exact) mass is 501 g/mol. The highest BCUT2D eigenvalue weighted by Crippen LogP contribution is 2.28. The fourth-order valence-electron chi connectivity index (χ4n) is 4.98. The molecule has 2 aromatic carbocycles. The molecule has 2 aliphatic rings. The zero-order valence-corrected chi connectivity index (χ0v) is 21.9. The van der Waals surface area contributed by atoms with Gasteiger partial charge in [0.15, 0.2) is 0 Å². The van der Waals surface area contributed by atoms with E-state index < -0.39 is 10.2 Å². The third-order valence-electron chi connectivity index (χ3n) is 6.97. The summed E-state index contributed by atoms with van der Waals surface area (Å²) in [5.41, 5.74) is 3.67. The summed E-state index contributed by atoms with van der Waals surface area (Å²) < 4.78 is 41.7. The second-order valence-corrected chi connectivity index (χ2v) is 11.6. The molecule has 192 valence electrons. The van der Waals surface area contributed by atoms with Crippen molar-refractivity contribution >= 4 is 10.2 Å². The summed E-state index contributed by atoms with van der Waals surface area (Å²) >= 11 is 0. The van der Waals surface area contributed by atoms with Gasteiger partial charge in [0.05, 0.1) is 13.2 Å². The van der Waals surface area contributed by atoms with Crippen molar-refractivity contribution in [1.29, 1.82) is 0 Å². The highest BCUT2D eigenvalue weighted by Gasteiger charge is 2.31. The molecule has 0 bridgehead atoms. The van der Waals surface area contributed by atoms with E-state index in [-0.39, 0.29) is 0 Å². The molecule has 1 atom stereocenters. The number of aryl methyl sites for hydroxylation is 1. The Morgan fingerprint density at radius 3 is 2.34 bits per heavy atom. The maximum absolute atomic E-state index is 13.5. The summed E-state index contributed by atoms with van der Waals surface area (Å²) in [6, 6.07) is 16.9. The van der Waals surface area contributed by atoms with E-state index in [1.807, 2.05) is 6.07 Å². The average Bonchev–Trinajstić information content (AvgIpc) is 2.86. The summed E-state index contributed by atoms with van der Waals surface area (Å²) in [5.74, 6) is 1.23. The lowest BCUT2D eigenvalue weighted by Crippen LogP contribution is -2.49. The molecule has 2 heterocycles. The molecule has 0 saturated carbocycles. The first kappa shape index (κ1) is 26.1. The van der Waals surface area contributed by atoms with E-state index in [1.54, 1.807) is 8.61 Å². The molecule has 2 aliphatic heterocycles. The van der Waals surface area contributed by atoms with E-state index in [0.29, 0.717) is 51.9 Å². The van der Waals surface area contributed by atoms with Gasteiger partial charge in [0.2, 0.25) is 0 Å². The molecule has 0 N–H and O–H groups in total. The summed E-state index contributed by atoms with van der Waals surface area (Å²) in [7, 11) is -1.40. The maximum Gasteiger partial charge on any atom is 0.282 e. The molecule has 0 amide bonds. The van der Waals surface area contributed by atoms with Gasteiger partial charge in [-0.05, 0) is 57.3 Å². The minimum Gasteiger partial charge on any atom is -0.492 e. The number of morpholine rings is 1. The first-order valence-electron chi connectivity index (χ1n) is 12.7. The number of hydrogen-bond donors (Lipinski definition) is 0. The highest BCUT2D eigenvalue weighted by molar-refractivity contribution is 7.86. The average molecular weight is 502 g/mol. The van der Waals surface area contributed by atoms with Crippen LogP contribution in [0.1, 0.15) is 41.9 Å². The zero-order chi connectivity index (χ0) is 24.7. The van der Waals surface area contributed by atoms with Gasteiger partial charge in [-0.15, -0.1) is 0 Å². The number of ether oxygens (including phenoxy) is 2. The zero-order valence-electron chi connectivity index (χ0n) is 21.1. The molecule has 1 fully saturated rings. The van der Waals surface area contributed by atoms with Crippen molar-refractivity contribution < 1.29 is 17.9 Å². The summed E-state index contributed by atoms with van der Waals surface area (Å²) in [5, 5.41) is 0. The summed E-state index contributed by atoms with van der Waals surface area (Å²) in [6.07, 6.45) is 2.78. The summed E-state index contributed by atoms with van der Waals surface area (Å²) in [4.78, 5) is 2.36. The molecule has 0 radical (unpaired) electrons. The van der Waals surface area contributed by atoms with Crippen LogP contribution in [0.3, 0.4) is 0 Å². The van der Waals surface area contributed by atoms with Crippen molar-refractivity contribution in [3.63, 3.8) is 0 Å². The van der Waals surface area contributed by atoms with E-state index in [9.17, 15) is 8.42 Å². The Hall–Kier alpha value is -1.97. The normalized spacial score (nSPS) is 22.6. The Kier molecular flexibility index (Phi) is 9.19. The maximum atomic E-state index is 13.5. The summed E-state index contributed by atoms with van der Waals surface area (Å²) in [6.45, 7) is 6.69. The Labute approximate surface area is 210 Å². The third-order valence-corrected chi connectivity index (χ3v) is 9.00. The molecular weight excluding hydrogens is 462 g/mol. The van der Waals surface area contributed by atoms with Crippen molar-refractivity contribution in [1.82, 2.24) is 13.5 Å². The number of fused-ring (bicyclic) bond motifs is 1. The van der Waals surface area contributed by atoms with E-state index in [4.69, 9.17) is 9.47 Å². The number of hydrogen-bond acceptors (Lipinski definition) is 5. The predicted molar refractivity (Wildman–Crippen MR) is 139 cm³/mol. The van der Waals surface area contributed by atoms with Crippen molar-refractivity contribution in [3.05, 3.63) is 65.2 Å². The lowest BCUT2D eigenvalue weighted by atomic mass is 9.91. The van der Waals surface area contributed by atoms with Gasteiger partial charge >= 0.3 is 0 Å². The SMILES string of the molecule is Cc1ccc2c(c1)CN(C)CCC(c1ccccc1)CCCN(S(=O)(=O)N1CCOCC1)CCO2. The Balaban J connectivity index is 1.58. The molecule has 4 rings (SSSR count). The van der Waals surface area contributed by atoms with Gasteiger partial charge in [0, 0.05) is 38.3 Å². The predicted octanol–water partition coefficient (Wildman–Crippen LogP) is 3.65. The van der Waals surface area contributed by atoms with Crippen LogP contribution in [0.4, 0.5) is 0 Å². The number of nitrogens with zero attached hydrogens (tertiary/aromatic N) is 3. The second kappa shape index (κ2) is 12.3. The lowest BCUT2D eigenvalue weighted by Gasteiger charge is -2.32. The van der Waals surface area contributed by atoms with Gasteiger partial charge < -0.3 is 14.4 Å². The number of benzene rings is 2. The van der Waals surface area contributed by atoms with Crippen LogP contribution in [0.25, 0.3) is 0 Å². The van der Waals surface area contributed by atoms with Crippen molar-refractivity contribution in [3.8, 4) is 5.75 Å². The van der Waals surface area contributed by atoms with E-state index in [0.717, 1.165) is 43.7 Å². The van der Waals surface area contributed by atoms with Crippen LogP contribution in [-0.2, 0) is 21.5 Å². The molecule has 0 aliphatic carbocycles. The van der Waals surface area contributed by atoms with Crippen LogP contribution < -0.4 is 4.74 Å². The molecule has 0 aromatic heterocycles. The van der Waals surface area contributed by atoms with Crippen molar-refractivity contribution in [2.75, 3.05) is 59.6 Å².